The van der Waals surface area contributed by atoms with Gasteiger partial charge in [-0.05, 0) is 30.9 Å². The minimum atomic E-state index is -0.274. The Morgan fingerprint density at radius 3 is 2.58 bits per heavy atom. The van der Waals surface area contributed by atoms with E-state index in [2.05, 4.69) is 48.0 Å². The summed E-state index contributed by atoms with van der Waals surface area (Å²) < 4.78 is 17.9. The van der Waals surface area contributed by atoms with E-state index in [1.807, 2.05) is 6.07 Å². The number of benzene rings is 1. The van der Waals surface area contributed by atoms with Gasteiger partial charge in [-0.15, -0.1) is 5.10 Å². The Morgan fingerprint density at radius 2 is 1.92 bits per heavy atom. The summed E-state index contributed by atoms with van der Waals surface area (Å²) in [6, 6.07) is 6.91. The number of hydrogen-bond acceptors (Lipinski definition) is 6. The minimum absolute atomic E-state index is 0.138. The first-order chi connectivity index (χ1) is 12.4. The van der Waals surface area contributed by atoms with Gasteiger partial charge in [0.05, 0.1) is 13.7 Å². The highest BCUT2D eigenvalue weighted by molar-refractivity contribution is 5.47. The van der Waals surface area contributed by atoms with Crippen LogP contribution in [0.1, 0.15) is 50.6 Å². The van der Waals surface area contributed by atoms with Gasteiger partial charge in [-0.1, -0.05) is 38.0 Å². The molecule has 140 valence electrons. The molecule has 2 aliphatic heterocycles. The molecule has 0 bridgehead atoms. The number of aromatic nitrogens is 2. The standard InChI is InChI=1S/C20H27N3O3/c1-19(2,3)17-21-22-18(26-17)23-11-9-20(10-12-23)16-14(8-13-25-20)6-5-7-15(16)24-4/h5-7H,8-13H2,1-4H3. The summed E-state index contributed by atoms with van der Waals surface area (Å²) in [5.74, 6) is 1.61. The van der Waals surface area contributed by atoms with Crippen molar-refractivity contribution in [2.24, 2.45) is 0 Å². The lowest BCUT2D eigenvalue weighted by atomic mass is 9.79. The van der Waals surface area contributed by atoms with Crippen LogP contribution >= 0.6 is 0 Å². The van der Waals surface area contributed by atoms with E-state index < -0.39 is 0 Å². The van der Waals surface area contributed by atoms with Gasteiger partial charge in [0.15, 0.2) is 0 Å². The summed E-state index contributed by atoms with van der Waals surface area (Å²) >= 11 is 0. The fraction of sp³-hybridized carbons (Fsp3) is 0.600. The predicted molar refractivity (Wildman–Crippen MR) is 98.8 cm³/mol. The fourth-order valence-corrected chi connectivity index (χ4v) is 4.00. The lowest BCUT2D eigenvalue weighted by molar-refractivity contribution is -0.0783. The predicted octanol–water partition coefficient (Wildman–Crippen LogP) is 3.44. The van der Waals surface area contributed by atoms with Crippen LogP contribution in [0.15, 0.2) is 22.6 Å². The summed E-state index contributed by atoms with van der Waals surface area (Å²) in [6.07, 6.45) is 2.71. The van der Waals surface area contributed by atoms with Crippen molar-refractivity contribution in [3.05, 3.63) is 35.2 Å². The quantitative estimate of drug-likeness (QED) is 0.820. The molecule has 0 unspecified atom stereocenters. The number of rotatable bonds is 2. The third-order valence-corrected chi connectivity index (χ3v) is 5.44. The molecule has 0 N–H and O–H groups in total. The molecule has 1 aromatic heterocycles. The van der Waals surface area contributed by atoms with Gasteiger partial charge < -0.3 is 18.8 Å². The topological polar surface area (TPSA) is 60.6 Å². The summed E-state index contributed by atoms with van der Waals surface area (Å²) in [7, 11) is 1.74. The molecule has 3 heterocycles. The second kappa shape index (κ2) is 6.27. The second-order valence-corrected chi connectivity index (χ2v) is 8.21. The number of methoxy groups -OCH3 is 1. The van der Waals surface area contributed by atoms with Crippen LogP contribution in [0, 0.1) is 0 Å². The van der Waals surface area contributed by atoms with E-state index in [-0.39, 0.29) is 11.0 Å². The van der Waals surface area contributed by atoms with Crippen molar-refractivity contribution < 1.29 is 13.9 Å². The van der Waals surface area contributed by atoms with Crippen LogP contribution in [0.4, 0.5) is 6.01 Å². The van der Waals surface area contributed by atoms with E-state index in [1.165, 1.54) is 11.1 Å². The Hall–Kier alpha value is -2.08. The van der Waals surface area contributed by atoms with Gasteiger partial charge in [-0.3, -0.25) is 0 Å². The maximum absolute atomic E-state index is 6.35. The van der Waals surface area contributed by atoms with E-state index in [9.17, 15) is 0 Å². The lowest BCUT2D eigenvalue weighted by Crippen LogP contribution is -2.47. The zero-order valence-corrected chi connectivity index (χ0v) is 16.0. The Kier molecular flexibility index (Phi) is 4.18. The molecule has 1 aromatic carbocycles. The van der Waals surface area contributed by atoms with Gasteiger partial charge >= 0.3 is 6.01 Å². The van der Waals surface area contributed by atoms with Crippen LogP contribution in [-0.2, 0) is 22.2 Å². The largest absolute Gasteiger partial charge is 0.496 e. The first kappa shape index (κ1) is 17.3. The molecule has 0 radical (unpaired) electrons. The Bertz CT molecular complexity index is 772. The van der Waals surface area contributed by atoms with Crippen molar-refractivity contribution in [1.82, 2.24) is 10.2 Å². The Balaban J connectivity index is 1.57. The van der Waals surface area contributed by atoms with Gasteiger partial charge in [0.25, 0.3) is 0 Å². The van der Waals surface area contributed by atoms with Crippen LogP contribution in [0.2, 0.25) is 0 Å². The molecular weight excluding hydrogens is 330 g/mol. The van der Waals surface area contributed by atoms with Crippen LogP contribution in [0.3, 0.4) is 0 Å². The van der Waals surface area contributed by atoms with E-state index in [0.29, 0.717) is 11.9 Å². The molecule has 0 atom stereocenters. The highest BCUT2D eigenvalue weighted by atomic mass is 16.5. The number of fused-ring (bicyclic) bond motifs is 2. The third kappa shape index (κ3) is 2.86. The van der Waals surface area contributed by atoms with E-state index in [0.717, 1.165) is 44.7 Å². The molecule has 1 saturated heterocycles. The zero-order chi connectivity index (χ0) is 18.4. The molecule has 2 aliphatic rings. The SMILES string of the molecule is COc1cccc2c1C1(CCN(c3nnc(C(C)(C)C)o3)CC1)OCC2. The molecule has 2 aromatic rings. The summed E-state index contributed by atoms with van der Waals surface area (Å²) in [5, 5.41) is 8.48. The monoisotopic (exact) mass is 357 g/mol. The Labute approximate surface area is 154 Å². The van der Waals surface area contributed by atoms with Crippen LogP contribution in [0.25, 0.3) is 0 Å². The number of piperidine rings is 1. The van der Waals surface area contributed by atoms with Gasteiger partial charge in [0.2, 0.25) is 5.89 Å². The first-order valence-corrected chi connectivity index (χ1v) is 9.32. The van der Waals surface area contributed by atoms with Crippen molar-refractivity contribution in [2.45, 2.75) is 51.0 Å². The molecular formula is C20H27N3O3. The van der Waals surface area contributed by atoms with Gasteiger partial charge in [-0.25, -0.2) is 0 Å². The molecule has 6 nitrogen and oxygen atoms in total. The maximum atomic E-state index is 6.35. The summed E-state index contributed by atoms with van der Waals surface area (Å²) in [6.45, 7) is 8.64. The van der Waals surface area contributed by atoms with Gasteiger partial charge in [0.1, 0.15) is 11.4 Å². The maximum Gasteiger partial charge on any atom is 0.318 e. The molecule has 0 aliphatic carbocycles. The molecule has 4 rings (SSSR count). The van der Waals surface area contributed by atoms with Crippen LogP contribution in [-0.4, -0.2) is 37.0 Å². The van der Waals surface area contributed by atoms with Crippen LogP contribution in [0.5, 0.6) is 5.75 Å². The van der Waals surface area contributed by atoms with Crippen molar-refractivity contribution in [3.63, 3.8) is 0 Å². The lowest BCUT2D eigenvalue weighted by Gasteiger charge is -2.45. The first-order valence-electron chi connectivity index (χ1n) is 9.32. The molecule has 0 amide bonds. The molecule has 0 saturated carbocycles. The van der Waals surface area contributed by atoms with Crippen molar-refractivity contribution in [3.8, 4) is 5.75 Å². The van der Waals surface area contributed by atoms with Crippen LogP contribution < -0.4 is 9.64 Å². The normalized spacial score (nSPS) is 19.5. The van der Waals surface area contributed by atoms with E-state index >= 15 is 0 Å². The Morgan fingerprint density at radius 1 is 1.15 bits per heavy atom. The number of hydrogen-bond donors (Lipinski definition) is 0. The average Bonchev–Trinajstić information content (AvgIpc) is 3.13. The second-order valence-electron chi connectivity index (χ2n) is 8.21. The van der Waals surface area contributed by atoms with E-state index in [4.69, 9.17) is 13.9 Å². The molecule has 1 fully saturated rings. The smallest absolute Gasteiger partial charge is 0.318 e. The number of ether oxygens (including phenoxy) is 2. The highest BCUT2D eigenvalue weighted by Crippen LogP contribution is 2.46. The number of anilines is 1. The number of nitrogens with zero attached hydrogens (tertiary/aromatic N) is 3. The van der Waals surface area contributed by atoms with Gasteiger partial charge in [-0.2, -0.15) is 0 Å². The minimum Gasteiger partial charge on any atom is -0.496 e. The molecule has 1 spiro atoms. The third-order valence-electron chi connectivity index (χ3n) is 5.44. The highest BCUT2D eigenvalue weighted by Gasteiger charge is 2.43. The fourth-order valence-electron chi connectivity index (χ4n) is 4.00. The van der Waals surface area contributed by atoms with Crippen molar-refractivity contribution in [1.29, 1.82) is 0 Å². The van der Waals surface area contributed by atoms with Gasteiger partial charge in [0, 0.05) is 24.1 Å². The van der Waals surface area contributed by atoms with E-state index in [1.54, 1.807) is 7.11 Å². The summed E-state index contributed by atoms with van der Waals surface area (Å²) in [4.78, 5) is 2.17. The molecule has 26 heavy (non-hydrogen) atoms. The zero-order valence-electron chi connectivity index (χ0n) is 16.0. The summed E-state index contributed by atoms with van der Waals surface area (Å²) in [5.41, 5.74) is 2.16. The van der Waals surface area contributed by atoms with Crippen molar-refractivity contribution in [2.75, 3.05) is 31.7 Å². The molecule has 6 heteroatoms. The average molecular weight is 357 g/mol. The van der Waals surface area contributed by atoms with Crippen molar-refractivity contribution >= 4 is 6.01 Å².